The summed E-state index contributed by atoms with van der Waals surface area (Å²) in [6, 6.07) is 10.8. The fraction of sp³-hybridized carbons (Fsp3) is 0.548. The molecule has 44 heavy (non-hydrogen) atoms. The zero-order valence-electron chi connectivity index (χ0n) is 26.6. The van der Waals surface area contributed by atoms with Crippen LogP contribution in [-0.2, 0) is 24.6 Å². The molecule has 0 unspecified atom stereocenters. The largest absolute Gasteiger partial charge is 0.444 e. The summed E-state index contributed by atoms with van der Waals surface area (Å²) in [5.41, 5.74) is 0.785. The monoisotopic (exact) mass is 650 g/mol. The zero-order chi connectivity index (χ0) is 32.7. The van der Waals surface area contributed by atoms with E-state index in [1.807, 2.05) is 4.90 Å². The Kier molecular flexibility index (Phi) is 11.7. The van der Waals surface area contributed by atoms with Gasteiger partial charge in [0.05, 0.1) is 34.2 Å². The van der Waals surface area contributed by atoms with Crippen LogP contribution in [0.5, 0.6) is 0 Å². The summed E-state index contributed by atoms with van der Waals surface area (Å²) in [6.45, 7) is 8.59. The number of carbonyl (C=O) groups is 2. The standard InChI is InChI=1S/C31H46N4O7S2/c1-7-8-9-10-11-20-44(40,41)26-15-12-23(13-16-26)32-29(36)27-17-14-25(21-28(27)34(5)43(6,38)39)35-19-18-24(22-35)33-30(37)42-31(2,3)4/h12-17,21,24H,7-11,18-20,22H2,1-6H3,(H,32,36)(H,33,37)/t24-/m1/s1. The molecule has 2 N–H and O–H groups in total. The van der Waals surface area contributed by atoms with E-state index in [2.05, 4.69) is 17.6 Å². The first kappa shape index (κ1) is 35.2. The Hall–Kier alpha value is -3.32. The third-order valence-corrected chi connectivity index (χ3v) is 10.3. The number of rotatable bonds is 13. The van der Waals surface area contributed by atoms with Gasteiger partial charge in [-0.25, -0.2) is 21.6 Å². The van der Waals surface area contributed by atoms with Gasteiger partial charge in [-0.2, -0.15) is 0 Å². The molecule has 3 rings (SSSR count). The Balaban J connectivity index is 1.74. The van der Waals surface area contributed by atoms with Gasteiger partial charge >= 0.3 is 6.09 Å². The molecule has 1 heterocycles. The Morgan fingerprint density at radius 1 is 1.00 bits per heavy atom. The van der Waals surface area contributed by atoms with Crippen LogP contribution >= 0.6 is 0 Å². The van der Waals surface area contributed by atoms with Crippen LogP contribution in [0.1, 0.15) is 76.6 Å². The molecule has 11 nitrogen and oxygen atoms in total. The number of benzene rings is 2. The average Bonchev–Trinajstić information content (AvgIpc) is 3.39. The smallest absolute Gasteiger partial charge is 0.407 e. The van der Waals surface area contributed by atoms with E-state index in [1.54, 1.807) is 39.0 Å². The van der Waals surface area contributed by atoms with E-state index in [4.69, 9.17) is 4.74 Å². The van der Waals surface area contributed by atoms with Gasteiger partial charge in [-0.15, -0.1) is 0 Å². The van der Waals surface area contributed by atoms with Crippen molar-refractivity contribution in [3.05, 3.63) is 48.0 Å². The first-order valence-electron chi connectivity index (χ1n) is 15.0. The average molecular weight is 651 g/mol. The molecule has 2 amide bonds. The second kappa shape index (κ2) is 14.6. The summed E-state index contributed by atoms with van der Waals surface area (Å²) < 4.78 is 56.9. The number of anilines is 3. The topological polar surface area (TPSA) is 142 Å². The van der Waals surface area contributed by atoms with Gasteiger partial charge < -0.3 is 20.3 Å². The highest BCUT2D eigenvalue weighted by atomic mass is 32.2. The molecule has 1 aliphatic rings. The highest BCUT2D eigenvalue weighted by Crippen LogP contribution is 2.31. The Labute approximate surface area is 262 Å². The van der Waals surface area contributed by atoms with Gasteiger partial charge in [-0.1, -0.05) is 32.6 Å². The van der Waals surface area contributed by atoms with Crippen molar-refractivity contribution in [1.29, 1.82) is 0 Å². The lowest BCUT2D eigenvalue weighted by Gasteiger charge is -2.25. The van der Waals surface area contributed by atoms with Crippen molar-refractivity contribution in [3.8, 4) is 0 Å². The van der Waals surface area contributed by atoms with E-state index in [0.717, 1.165) is 36.2 Å². The van der Waals surface area contributed by atoms with Crippen LogP contribution in [0.2, 0.25) is 0 Å². The first-order valence-corrected chi connectivity index (χ1v) is 18.5. The molecule has 1 atom stereocenters. The molecule has 0 radical (unpaired) electrons. The molecule has 2 aromatic rings. The molecule has 0 aromatic heterocycles. The molecule has 0 spiro atoms. The Morgan fingerprint density at radius 2 is 1.66 bits per heavy atom. The third-order valence-electron chi connectivity index (χ3n) is 7.32. The van der Waals surface area contributed by atoms with Crippen LogP contribution < -0.4 is 19.8 Å². The molecular formula is C31H46N4O7S2. The van der Waals surface area contributed by atoms with Crippen molar-refractivity contribution < 1.29 is 31.2 Å². The van der Waals surface area contributed by atoms with Crippen molar-refractivity contribution in [2.75, 3.05) is 46.7 Å². The summed E-state index contributed by atoms with van der Waals surface area (Å²) in [5.74, 6) is -0.468. The van der Waals surface area contributed by atoms with Crippen molar-refractivity contribution >= 4 is 48.9 Å². The molecule has 1 fully saturated rings. The van der Waals surface area contributed by atoms with Gasteiger partial charge in [-0.05, 0) is 76.1 Å². The number of sulfonamides is 1. The zero-order valence-corrected chi connectivity index (χ0v) is 28.2. The molecule has 13 heteroatoms. The molecule has 0 saturated carbocycles. The van der Waals surface area contributed by atoms with Crippen molar-refractivity contribution in [2.45, 2.75) is 82.8 Å². The van der Waals surface area contributed by atoms with Crippen molar-refractivity contribution in [1.82, 2.24) is 5.32 Å². The first-order chi connectivity index (χ1) is 20.5. The summed E-state index contributed by atoms with van der Waals surface area (Å²) in [4.78, 5) is 27.8. The lowest BCUT2D eigenvalue weighted by atomic mass is 10.1. The third kappa shape index (κ3) is 10.1. The van der Waals surface area contributed by atoms with Gasteiger partial charge in [0.25, 0.3) is 5.91 Å². The Morgan fingerprint density at radius 3 is 2.27 bits per heavy atom. The molecule has 0 bridgehead atoms. The number of alkyl carbamates (subject to hydrolysis) is 1. The highest BCUT2D eigenvalue weighted by molar-refractivity contribution is 7.92. The van der Waals surface area contributed by atoms with Crippen molar-refractivity contribution in [2.24, 2.45) is 0 Å². The SMILES string of the molecule is CCCCCCCS(=O)(=O)c1ccc(NC(=O)c2ccc(N3CC[C@@H](NC(=O)OC(C)(C)C)C3)cc2N(C)S(C)(=O)=O)cc1. The fourth-order valence-electron chi connectivity index (χ4n) is 4.89. The van der Waals surface area contributed by atoms with E-state index in [1.165, 1.54) is 31.3 Å². The van der Waals surface area contributed by atoms with E-state index < -0.39 is 37.5 Å². The number of hydrogen-bond donors (Lipinski definition) is 2. The maximum absolute atomic E-state index is 13.4. The number of sulfone groups is 1. The number of nitrogens with one attached hydrogen (secondary N) is 2. The van der Waals surface area contributed by atoms with E-state index in [0.29, 0.717) is 37.3 Å². The maximum atomic E-state index is 13.4. The lowest BCUT2D eigenvalue weighted by molar-refractivity contribution is 0.0508. The molecule has 1 saturated heterocycles. The summed E-state index contributed by atoms with van der Waals surface area (Å²) in [7, 11) is -5.76. The predicted octanol–water partition coefficient (Wildman–Crippen LogP) is 5.18. The minimum Gasteiger partial charge on any atom is -0.444 e. The number of nitrogens with zero attached hydrogens (tertiary/aromatic N) is 2. The second-order valence-corrected chi connectivity index (χ2v) is 16.3. The fourth-order valence-corrected chi connectivity index (χ4v) is 6.77. The van der Waals surface area contributed by atoms with Gasteiger partial charge in [0.2, 0.25) is 10.0 Å². The second-order valence-electron chi connectivity index (χ2n) is 12.2. The number of carbonyl (C=O) groups excluding carboxylic acids is 2. The van der Waals surface area contributed by atoms with Crippen LogP contribution in [0, 0.1) is 0 Å². The van der Waals surface area contributed by atoms with Crippen LogP contribution in [0.4, 0.5) is 21.9 Å². The summed E-state index contributed by atoms with van der Waals surface area (Å²) in [6.07, 6.45) is 5.89. The van der Waals surface area contributed by atoms with Gasteiger partial charge in [0.15, 0.2) is 9.84 Å². The number of unbranched alkanes of at least 4 members (excludes halogenated alkanes) is 4. The maximum Gasteiger partial charge on any atom is 0.407 e. The minimum absolute atomic E-state index is 0.0742. The molecule has 1 aliphatic heterocycles. The minimum atomic E-state index is -3.71. The lowest BCUT2D eigenvalue weighted by Crippen LogP contribution is -2.40. The molecule has 2 aromatic carbocycles. The van der Waals surface area contributed by atoms with Gasteiger partial charge in [0.1, 0.15) is 5.60 Å². The van der Waals surface area contributed by atoms with E-state index in [9.17, 15) is 26.4 Å². The molecule has 244 valence electrons. The number of ether oxygens (including phenoxy) is 1. The predicted molar refractivity (Wildman–Crippen MR) is 175 cm³/mol. The number of hydrogen-bond acceptors (Lipinski definition) is 8. The van der Waals surface area contributed by atoms with Crippen LogP contribution in [-0.4, -0.2) is 72.6 Å². The van der Waals surface area contributed by atoms with Crippen LogP contribution in [0.15, 0.2) is 47.4 Å². The highest BCUT2D eigenvalue weighted by Gasteiger charge is 2.28. The molecular weight excluding hydrogens is 604 g/mol. The quantitative estimate of drug-likeness (QED) is 0.283. The van der Waals surface area contributed by atoms with Crippen LogP contribution in [0.3, 0.4) is 0 Å². The van der Waals surface area contributed by atoms with E-state index in [-0.39, 0.29) is 27.9 Å². The van der Waals surface area contributed by atoms with Crippen LogP contribution in [0.25, 0.3) is 0 Å². The molecule has 0 aliphatic carbocycles. The Bertz CT molecular complexity index is 1520. The summed E-state index contributed by atoms with van der Waals surface area (Å²) in [5, 5.41) is 5.63. The van der Waals surface area contributed by atoms with Gasteiger partial charge in [0, 0.05) is 31.5 Å². The van der Waals surface area contributed by atoms with Gasteiger partial charge in [-0.3, -0.25) is 9.10 Å². The summed E-state index contributed by atoms with van der Waals surface area (Å²) >= 11 is 0. The van der Waals surface area contributed by atoms with E-state index >= 15 is 0 Å². The van der Waals surface area contributed by atoms with Crippen molar-refractivity contribution in [3.63, 3.8) is 0 Å². The normalized spacial score (nSPS) is 15.6. The number of amides is 2.